The van der Waals surface area contributed by atoms with Gasteiger partial charge in [-0.3, -0.25) is 9.59 Å². The minimum absolute atomic E-state index is 0.0266. The van der Waals surface area contributed by atoms with Gasteiger partial charge in [-0.2, -0.15) is 5.10 Å². The number of hydrogen-bond acceptors (Lipinski definition) is 4. The predicted molar refractivity (Wildman–Crippen MR) is 83.6 cm³/mol. The van der Waals surface area contributed by atoms with E-state index in [0.29, 0.717) is 5.92 Å². The average Bonchev–Trinajstić information content (AvgIpc) is 2.48. The maximum Gasteiger partial charge on any atom is 0.269 e. The molecule has 21 heavy (non-hydrogen) atoms. The summed E-state index contributed by atoms with van der Waals surface area (Å²) < 4.78 is 1.27. The van der Waals surface area contributed by atoms with Crippen molar-refractivity contribution in [2.75, 3.05) is 18.0 Å². The summed E-state index contributed by atoms with van der Waals surface area (Å²) in [6.07, 6.45) is 4.89. The predicted octanol–water partition coefficient (Wildman–Crippen LogP) is 2.09. The van der Waals surface area contributed by atoms with E-state index in [1.165, 1.54) is 11.1 Å². The molecule has 1 aliphatic heterocycles. The first kappa shape index (κ1) is 15.7. The summed E-state index contributed by atoms with van der Waals surface area (Å²) in [7, 11) is 0. The standard InChI is InChI=1S/C16H25N3O2/c1-4-13(3)15(20)11-19-16(21)8-14(9-17-19)18-7-5-6-12(2)10-18/h8-9,12-13H,4-7,10-11H2,1-3H3. The maximum absolute atomic E-state index is 12.1. The third-order valence-corrected chi connectivity index (χ3v) is 4.34. The van der Waals surface area contributed by atoms with Crippen molar-refractivity contribution in [1.29, 1.82) is 0 Å². The highest BCUT2D eigenvalue weighted by Gasteiger charge is 2.18. The first-order valence-corrected chi connectivity index (χ1v) is 7.86. The number of Topliss-reactive ketones (excluding diaryl/α,β-unsaturated/α-hetero) is 1. The van der Waals surface area contributed by atoms with E-state index in [1.807, 2.05) is 13.8 Å². The molecule has 5 nitrogen and oxygen atoms in total. The van der Waals surface area contributed by atoms with Gasteiger partial charge in [0.25, 0.3) is 5.56 Å². The van der Waals surface area contributed by atoms with Gasteiger partial charge in [0.1, 0.15) is 6.54 Å². The molecule has 0 aliphatic carbocycles. The molecule has 1 saturated heterocycles. The molecule has 2 atom stereocenters. The van der Waals surface area contributed by atoms with Gasteiger partial charge < -0.3 is 4.90 Å². The Morgan fingerprint density at radius 3 is 2.90 bits per heavy atom. The Labute approximate surface area is 126 Å². The lowest BCUT2D eigenvalue weighted by atomic mass is 10.00. The summed E-state index contributed by atoms with van der Waals surface area (Å²) >= 11 is 0. The fourth-order valence-corrected chi connectivity index (χ4v) is 2.67. The summed E-state index contributed by atoms with van der Waals surface area (Å²) in [4.78, 5) is 26.3. The second-order valence-electron chi connectivity index (χ2n) is 6.18. The zero-order valence-corrected chi connectivity index (χ0v) is 13.2. The molecule has 0 N–H and O–H groups in total. The van der Waals surface area contributed by atoms with Crippen molar-refractivity contribution in [3.05, 3.63) is 22.6 Å². The number of piperidine rings is 1. The van der Waals surface area contributed by atoms with Crippen LogP contribution in [0.4, 0.5) is 5.69 Å². The van der Waals surface area contributed by atoms with E-state index in [0.717, 1.165) is 31.6 Å². The van der Waals surface area contributed by atoms with Gasteiger partial charge in [-0.1, -0.05) is 20.8 Å². The smallest absolute Gasteiger partial charge is 0.269 e. The van der Waals surface area contributed by atoms with Crippen LogP contribution in [0.25, 0.3) is 0 Å². The van der Waals surface area contributed by atoms with E-state index in [1.54, 1.807) is 12.3 Å². The fourth-order valence-electron chi connectivity index (χ4n) is 2.67. The van der Waals surface area contributed by atoms with E-state index in [9.17, 15) is 9.59 Å². The topological polar surface area (TPSA) is 55.2 Å². The zero-order chi connectivity index (χ0) is 15.4. The van der Waals surface area contributed by atoms with Crippen molar-refractivity contribution < 1.29 is 4.79 Å². The largest absolute Gasteiger partial charge is 0.370 e. The summed E-state index contributed by atoms with van der Waals surface area (Å²) in [5.41, 5.74) is 0.682. The molecule has 0 spiro atoms. The van der Waals surface area contributed by atoms with Crippen molar-refractivity contribution in [2.45, 2.75) is 46.6 Å². The minimum atomic E-state index is -0.192. The Morgan fingerprint density at radius 2 is 2.29 bits per heavy atom. The van der Waals surface area contributed by atoms with Gasteiger partial charge in [-0.25, -0.2) is 4.68 Å². The molecule has 5 heteroatoms. The first-order valence-electron chi connectivity index (χ1n) is 7.86. The molecular weight excluding hydrogens is 266 g/mol. The third-order valence-electron chi connectivity index (χ3n) is 4.34. The minimum Gasteiger partial charge on any atom is -0.370 e. The summed E-state index contributed by atoms with van der Waals surface area (Å²) in [5, 5.41) is 4.18. The number of ketones is 1. The summed E-state index contributed by atoms with van der Waals surface area (Å²) in [5.74, 6) is 0.681. The average molecular weight is 291 g/mol. The first-order chi connectivity index (χ1) is 10.0. The van der Waals surface area contributed by atoms with E-state index in [4.69, 9.17) is 0 Å². The number of carbonyl (C=O) groups excluding carboxylic acids is 1. The van der Waals surface area contributed by atoms with Gasteiger partial charge in [-0.05, 0) is 25.2 Å². The molecule has 1 aliphatic rings. The van der Waals surface area contributed by atoms with Crippen LogP contribution in [-0.2, 0) is 11.3 Å². The number of carbonyl (C=O) groups is 1. The van der Waals surface area contributed by atoms with E-state index in [-0.39, 0.29) is 23.8 Å². The highest BCUT2D eigenvalue weighted by Crippen LogP contribution is 2.20. The van der Waals surface area contributed by atoms with Gasteiger partial charge in [0.05, 0.1) is 11.9 Å². The van der Waals surface area contributed by atoms with Crippen molar-refractivity contribution in [3.8, 4) is 0 Å². The van der Waals surface area contributed by atoms with E-state index in [2.05, 4.69) is 16.9 Å². The highest BCUT2D eigenvalue weighted by molar-refractivity contribution is 5.80. The summed E-state index contributed by atoms with van der Waals surface area (Å²) in [6, 6.07) is 1.61. The Bertz CT molecular complexity index is 553. The molecule has 116 valence electrons. The van der Waals surface area contributed by atoms with Crippen molar-refractivity contribution in [2.24, 2.45) is 11.8 Å². The molecule has 2 heterocycles. The molecular formula is C16H25N3O2. The Morgan fingerprint density at radius 1 is 1.52 bits per heavy atom. The van der Waals surface area contributed by atoms with Crippen LogP contribution in [0.1, 0.15) is 40.0 Å². The van der Waals surface area contributed by atoms with Crippen molar-refractivity contribution >= 4 is 11.5 Å². The lowest BCUT2D eigenvalue weighted by Gasteiger charge is -2.32. The fraction of sp³-hybridized carbons (Fsp3) is 0.688. The summed E-state index contributed by atoms with van der Waals surface area (Å²) in [6.45, 7) is 8.10. The molecule has 0 aromatic carbocycles. The molecule has 1 aromatic heterocycles. The van der Waals surface area contributed by atoms with Crippen LogP contribution in [0.2, 0.25) is 0 Å². The lowest BCUT2D eigenvalue weighted by Crippen LogP contribution is -2.36. The number of aromatic nitrogens is 2. The van der Waals surface area contributed by atoms with Crippen LogP contribution in [0.3, 0.4) is 0 Å². The molecule has 0 saturated carbocycles. The van der Waals surface area contributed by atoms with E-state index >= 15 is 0 Å². The monoisotopic (exact) mass is 291 g/mol. The van der Waals surface area contributed by atoms with Crippen LogP contribution >= 0.6 is 0 Å². The maximum atomic E-state index is 12.1. The molecule has 0 amide bonds. The number of hydrogen-bond donors (Lipinski definition) is 0. The molecule has 0 bridgehead atoms. The number of nitrogens with zero attached hydrogens (tertiary/aromatic N) is 3. The number of anilines is 1. The van der Waals surface area contributed by atoms with Crippen LogP contribution in [-0.4, -0.2) is 28.7 Å². The molecule has 2 rings (SSSR count). The lowest BCUT2D eigenvalue weighted by molar-refractivity contribution is -0.123. The Hall–Kier alpha value is -1.65. The quantitative estimate of drug-likeness (QED) is 0.833. The second-order valence-corrected chi connectivity index (χ2v) is 6.18. The SMILES string of the molecule is CCC(C)C(=O)Cn1ncc(N2CCCC(C)C2)cc1=O. The van der Waals surface area contributed by atoms with Gasteiger partial charge >= 0.3 is 0 Å². The zero-order valence-electron chi connectivity index (χ0n) is 13.2. The van der Waals surface area contributed by atoms with Crippen LogP contribution in [0.15, 0.2) is 17.1 Å². The third kappa shape index (κ3) is 3.93. The second kappa shape index (κ2) is 6.87. The molecule has 2 unspecified atom stereocenters. The highest BCUT2D eigenvalue weighted by atomic mass is 16.1. The molecule has 0 radical (unpaired) electrons. The normalized spacial score (nSPS) is 20.3. The van der Waals surface area contributed by atoms with Gasteiger partial charge in [0.2, 0.25) is 0 Å². The van der Waals surface area contributed by atoms with Crippen LogP contribution in [0, 0.1) is 11.8 Å². The number of rotatable bonds is 5. The van der Waals surface area contributed by atoms with Gasteiger partial charge in [0, 0.05) is 25.1 Å². The van der Waals surface area contributed by atoms with Crippen molar-refractivity contribution in [3.63, 3.8) is 0 Å². The molecule has 1 fully saturated rings. The van der Waals surface area contributed by atoms with E-state index < -0.39 is 0 Å². The van der Waals surface area contributed by atoms with Gasteiger partial charge in [0.15, 0.2) is 5.78 Å². The van der Waals surface area contributed by atoms with Crippen LogP contribution in [0.5, 0.6) is 0 Å². The molecule has 1 aromatic rings. The van der Waals surface area contributed by atoms with Crippen LogP contribution < -0.4 is 10.5 Å². The van der Waals surface area contributed by atoms with Crippen molar-refractivity contribution in [1.82, 2.24) is 9.78 Å². The Balaban J connectivity index is 2.10. The Kier molecular flexibility index (Phi) is 5.15. The van der Waals surface area contributed by atoms with Gasteiger partial charge in [-0.15, -0.1) is 0 Å².